The monoisotopic (exact) mass is 271 g/mol. The summed E-state index contributed by atoms with van der Waals surface area (Å²) < 4.78 is 0. The van der Waals surface area contributed by atoms with Crippen LogP contribution in [-0.4, -0.2) is 17.8 Å². The number of fused-ring (bicyclic) bond motifs is 1. The van der Waals surface area contributed by atoms with Crippen LogP contribution >= 0.6 is 11.6 Å². The van der Waals surface area contributed by atoms with Gasteiger partial charge in [0, 0.05) is 17.8 Å². The highest BCUT2D eigenvalue weighted by atomic mass is 35.5. The van der Waals surface area contributed by atoms with E-state index in [2.05, 4.69) is 26.1 Å². The molecule has 2 rings (SSSR count). The third-order valence-electron chi connectivity index (χ3n) is 4.72. The van der Waals surface area contributed by atoms with Gasteiger partial charge in [-0.25, -0.2) is 0 Å². The Kier molecular flexibility index (Phi) is 4.25. The van der Waals surface area contributed by atoms with E-state index in [0.29, 0.717) is 23.6 Å². The van der Waals surface area contributed by atoms with Crippen LogP contribution in [0.15, 0.2) is 0 Å². The van der Waals surface area contributed by atoms with E-state index in [-0.39, 0.29) is 17.4 Å². The number of amides is 1. The highest BCUT2D eigenvalue weighted by Crippen LogP contribution is 2.55. The van der Waals surface area contributed by atoms with Gasteiger partial charge in [0.05, 0.1) is 0 Å². The Balaban J connectivity index is 1.90. The minimum atomic E-state index is 0.0879. The molecule has 3 unspecified atom stereocenters. The van der Waals surface area contributed by atoms with E-state index < -0.39 is 0 Å². The molecule has 18 heavy (non-hydrogen) atoms. The number of hydrogen-bond donors (Lipinski definition) is 1. The number of hydrogen-bond acceptors (Lipinski definition) is 1. The molecule has 0 saturated heterocycles. The Morgan fingerprint density at radius 3 is 2.28 bits per heavy atom. The van der Waals surface area contributed by atoms with Crippen molar-refractivity contribution in [2.75, 3.05) is 5.88 Å². The molecular weight excluding hydrogens is 246 g/mol. The molecule has 104 valence electrons. The number of halogens is 1. The van der Waals surface area contributed by atoms with Crippen LogP contribution in [0.25, 0.3) is 0 Å². The zero-order valence-electron chi connectivity index (χ0n) is 11.8. The average Bonchev–Trinajstić information content (AvgIpc) is 3.01. The molecule has 2 saturated carbocycles. The molecule has 2 aliphatic rings. The molecule has 0 aromatic carbocycles. The maximum absolute atomic E-state index is 12.3. The van der Waals surface area contributed by atoms with Crippen molar-refractivity contribution in [2.24, 2.45) is 23.2 Å². The first-order valence-electron chi connectivity index (χ1n) is 7.31. The highest BCUT2D eigenvalue weighted by Gasteiger charge is 2.55. The lowest BCUT2D eigenvalue weighted by Gasteiger charge is -2.31. The second-order valence-corrected chi connectivity index (χ2v) is 7.42. The highest BCUT2D eigenvalue weighted by molar-refractivity contribution is 6.17. The topological polar surface area (TPSA) is 29.1 Å². The molecule has 0 spiro atoms. The van der Waals surface area contributed by atoms with Gasteiger partial charge < -0.3 is 5.32 Å². The number of carbonyl (C=O) groups excluding carboxylic acids is 1. The van der Waals surface area contributed by atoms with Crippen LogP contribution in [0.4, 0.5) is 0 Å². The van der Waals surface area contributed by atoms with E-state index in [9.17, 15) is 4.79 Å². The van der Waals surface area contributed by atoms with Crippen LogP contribution in [0.1, 0.15) is 52.9 Å². The molecule has 2 aliphatic carbocycles. The van der Waals surface area contributed by atoms with Crippen molar-refractivity contribution in [1.82, 2.24) is 5.32 Å². The fourth-order valence-electron chi connectivity index (χ4n) is 3.48. The maximum Gasteiger partial charge on any atom is 0.223 e. The predicted octanol–water partition coefficient (Wildman–Crippen LogP) is 3.58. The van der Waals surface area contributed by atoms with Crippen molar-refractivity contribution < 1.29 is 4.79 Å². The van der Waals surface area contributed by atoms with E-state index in [4.69, 9.17) is 11.6 Å². The van der Waals surface area contributed by atoms with Gasteiger partial charge in [-0.05, 0) is 36.5 Å². The van der Waals surface area contributed by atoms with Crippen LogP contribution < -0.4 is 5.32 Å². The lowest BCUT2D eigenvalue weighted by Crippen LogP contribution is -2.45. The van der Waals surface area contributed by atoms with Gasteiger partial charge in [-0.15, -0.1) is 11.6 Å². The summed E-state index contributed by atoms with van der Waals surface area (Å²) in [6.45, 7) is 6.51. The summed E-state index contributed by atoms with van der Waals surface area (Å²) in [5.74, 6) is 2.59. The molecule has 2 nitrogen and oxygen atoms in total. The summed E-state index contributed by atoms with van der Waals surface area (Å²) in [5.41, 5.74) is 0.0879. The Hall–Kier alpha value is -0.240. The molecule has 3 atom stereocenters. The van der Waals surface area contributed by atoms with Crippen LogP contribution in [0.5, 0.6) is 0 Å². The minimum absolute atomic E-state index is 0.0879. The summed E-state index contributed by atoms with van der Waals surface area (Å²) in [5, 5.41) is 3.25. The van der Waals surface area contributed by atoms with Gasteiger partial charge in [-0.3, -0.25) is 4.79 Å². The summed E-state index contributed by atoms with van der Waals surface area (Å²) >= 11 is 5.85. The zero-order valence-corrected chi connectivity index (χ0v) is 12.6. The molecule has 0 aromatic heterocycles. The van der Waals surface area contributed by atoms with Crippen molar-refractivity contribution in [3.05, 3.63) is 0 Å². The van der Waals surface area contributed by atoms with Crippen molar-refractivity contribution in [2.45, 2.75) is 58.9 Å². The molecule has 2 fully saturated rings. The Bertz CT molecular complexity index is 298. The summed E-state index contributed by atoms with van der Waals surface area (Å²) in [4.78, 5) is 12.3. The minimum Gasteiger partial charge on any atom is -0.353 e. The average molecular weight is 272 g/mol. The van der Waals surface area contributed by atoms with Crippen molar-refractivity contribution in [1.29, 1.82) is 0 Å². The fourth-order valence-corrected chi connectivity index (χ4v) is 3.70. The van der Waals surface area contributed by atoms with Gasteiger partial charge in [0.1, 0.15) is 0 Å². The lowest BCUT2D eigenvalue weighted by molar-refractivity contribution is -0.124. The largest absolute Gasteiger partial charge is 0.353 e. The standard InChI is InChI=1S/C15H26ClNO/c1-15(2,3)12(8-9-16)17-14(18)13-10-6-4-5-7-11(10)13/h10-13H,4-9H2,1-3H3,(H,17,18). The molecule has 0 aliphatic heterocycles. The van der Waals surface area contributed by atoms with Crippen LogP contribution in [0.3, 0.4) is 0 Å². The number of alkyl halides is 1. The Morgan fingerprint density at radius 2 is 1.83 bits per heavy atom. The Labute approximate surface area is 116 Å². The predicted molar refractivity (Wildman–Crippen MR) is 75.7 cm³/mol. The zero-order chi connectivity index (χ0) is 13.3. The number of rotatable bonds is 4. The van der Waals surface area contributed by atoms with E-state index in [1.54, 1.807) is 0 Å². The third kappa shape index (κ3) is 3.01. The summed E-state index contributed by atoms with van der Waals surface area (Å²) in [7, 11) is 0. The summed E-state index contributed by atoms with van der Waals surface area (Å²) in [6, 6.07) is 0.199. The van der Waals surface area contributed by atoms with E-state index >= 15 is 0 Å². The second-order valence-electron chi connectivity index (χ2n) is 7.04. The van der Waals surface area contributed by atoms with Crippen molar-refractivity contribution in [3.63, 3.8) is 0 Å². The normalized spacial score (nSPS) is 32.6. The lowest BCUT2D eigenvalue weighted by atomic mass is 9.85. The van der Waals surface area contributed by atoms with Gasteiger partial charge in [-0.2, -0.15) is 0 Å². The smallest absolute Gasteiger partial charge is 0.223 e. The SMILES string of the molecule is CC(C)(C)C(CCCl)NC(=O)C1C2CCCCC21. The molecule has 3 heteroatoms. The number of nitrogens with one attached hydrogen (secondary N) is 1. The molecule has 0 radical (unpaired) electrons. The first-order valence-corrected chi connectivity index (χ1v) is 7.85. The second kappa shape index (κ2) is 5.40. The summed E-state index contributed by atoms with van der Waals surface area (Å²) in [6.07, 6.45) is 6.01. The Morgan fingerprint density at radius 1 is 1.28 bits per heavy atom. The van der Waals surface area contributed by atoms with Gasteiger partial charge in [0.2, 0.25) is 5.91 Å². The molecule has 0 heterocycles. The molecule has 0 aromatic rings. The van der Waals surface area contributed by atoms with Crippen molar-refractivity contribution >= 4 is 17.5 Å². The maximum atomic E-state index is 12.3. The molecule has 1 N–H and O–H groups in total. The van der Waals surface area contributed by atoms with E-state index in [1.807, 2.05) is 0 Å². The first kappa shape index (κ1) is 14.2. The van der Waals surface area contributed by atoms with E-state index in [0.717, 1.165) is 6.42 Å². The molecule has 1 amide bonds. The van der Waals surface area contributed by atoms with E-state index in [1.165, 1.54) is 25.7 Å². The van der Waals surface area contributed by atoms with Crippen LogP contribution in [-0.2, 0) is 4.79 Å². The molecule has 0 bridgehead atoms. The van der Waals surface area contributed by atoms with Gasteiger partial charge in [-0.1, -0.05) is 33.6 Å². The molecular formula is C15H26ClNO. The van der Waals surface area contributed by atoms with Crippen LogP contribution in [0.2, 0.25) is 0 Å². The quantitative estimate of drug-likeness (QED) is 0.778. The third-order valence-corrected chi connectivity index (χ3v) is 4.94. The van der Waals surface area contributed by atoms with Crippen molar-refractivity contribution in [3.8, 4) is 0 Å². The van der Waals surface area contributed by atoms with Gasteiger partial charge >= 0.3 is 0 Å². The van der Waals surface area contributed by atoms with Gasteiger partial charge in [0.15, 0.2) is 0 Å². The first-order chi connectivity index (χ1) is 8.45. The number of carbonyl (C=O) groups is 1. The van der Waals surface area contributed by atoms with Crippen LogP contribution in [0, 0.1) is 23.2 Å². The fraction of sp³-hybridized carbons (Fsp3) is 0.933. The van der Waals surface area contributed by atoms with Gasteiger partial charge in [0.25, 0.3) is 0 Å².